The van der Waals surface area contributed by atoms with Gasteiger partial charge >= 0.3 is 0 Å². The minimum absolute atomic E-state index is 0.101. The van der Waals surface area contributed by atoms with Crippen LogP contribution in [0.15, 0.2) is 60.0 Å². The summed E-state index contributed by atoms with van der Waals surface area (Å²) < 4.78 is 29.2. The Bertz CT molecular complexity index is 1200. The molecule has 8 nitrogen and oxygen atoms in total. The number of sulfonamides is 1. The van der Waals surface area contributed by atoms with E-state index in [1.807, 2.05) is 12.1 Å². The van der Waals surface area contributed by atoms with Gasteiger partial charge in [-0.1, -0.05) is 6.42 Å². The van der Waals surface area contributed by atoms with E-state index in [0.717, 1.165) is 36.2 Å². The SMILES string of the molecule is O=C(c1ccc(-n2cncn2)cc1)N1CCc2cc(S(=O)(=O)N3CCCCC3)ccc21. The number of fused-ring (bicyclic) bond motifs is 1. The second-order valence-corrected chi connectivity index (χ2v) is 9.79. The van der Waals surface area contributed by atoms with Gasteiger partial charge in [-0.25, -0.2) is 18.1 Å². The molecular formula is C22H23N5O3S. The first-order valence-electron chi connectivity index (χ1n) is 10.4. The summed E-state index contributed by atoms with van der Waals surface area (Å²) in [5, 5.41) is 4.09. The zero-order valence-corrected chi connectivity index (χ0v) is 17.8. The van der Waals surface area contributed by atoms with E-state index in [2.05, 4.69) is 10.1 Å². The molecule has 160 valence electrons. The van der Waals surface area contributed by atoms with Gasteiger partial charge in [0.25, 0.3) is 5.91 Å². The predicted molar refractivity (Wildman–Crippen MR) is 116 cm³/mol. The number of anilines is 1. The fourth-order valence-corrected chi connectivity index (χ4v) is 5.83. The van der Waals surface area contributed by atoms with Crippen LogP contribution in [0, 0.1) is 0 Å². The van der Waals surface area contributed by atoms with Gasteiger partial charge in [-0.05, 0) is 67.3 Å². The largest absolute Gasteiger partial charge is 0.308 e. The molecule has 0 spiro atoms. The normalized spacial score (nSPS) is 17.0. The van der Waals surface area contributed by atoms with Crippen LogP contribution in [0.5, 0.6) is 0 Å². The van der Waals surface area contributed by atoms with Crippen LogP contribution in [0.25, 0.3) is 5.69 Å². The lowest BCUT2D eigenvalue weighted by Crippen LogP contribution is -2.35. The quantitative estimate of drug-likeness (QED) is 0.626. The molecule has 1 fully saturated rings. The number of benzene rings is 2. The predicted octanol–water partition coefficient (Wildman–Crippen LogP) is 2.64. The van der Waals surface area contributed by atoms with Crippen molar-refractivity contribution in [1.82, 2.24) is 19.1 Å². The number of piperidine rings is 1. The third-order valence-corrected chi connectivity index (χ3v) is 7.84. The summed E-state index contributed by atoms with van der Waals surface area (Å²) in [4.78, 5) is 19.1. The second-order valence-electron chi connectivity index (χ2n) is 7.85. The molecule has 2 aliphatic heterocycles. The lowest BCUT2D eigenvalue weighted by molar-refractivity contribution is 0.0989. The molecule has 1 saturated heterocycles. The van der Waals surface area contributed by atoms with Gasteiger partial charge in [0.15, 0.2) is 0 Å². The Balaban J connectivity index is 1.37. The molecule has 31 heavy (non-hydrogen) atoms. The molecule has 2 aromatic carbocycles. The average Bonchev–Trinajstić information content (AvgIpc) is 3.49. The van der Waals surface area contributed by atoms with Gasteiger partial charge in [-0.15, -0.1) is 0 Å². The van der Waals surface area contributed by atoms with Crippen molar-refractivity contribution in [3.8, 4) is 5.69 Å². The van der Waals surface area contributed by atoms with Crippen LogP contribution in [-0.4, -0.2) is 53.0 Å². The highest BCUT2D eigenvalue weighted by Gasteiger charge is 2.30. The number of rotatable bonds is 4. The van der Waals surface area contributed by atoms with E-state index in [1.165, 1.54) is 6.33 Å². The minimum Gasteiger partial charge on any atom is -0.308 e. The maximum absolute atomic E-state index is 13.1. The second kappa shape index (κ2) is 7.90. The summed E-state index contributed by atoms with van der Waals surface area (Å²) in [6.45, 7) is 1.69. The van der Waals surface area contributed by atoms with E-state index < -0.39 is 10.0 Å². The molecule has 5 rings (SSSR count). The molecule has 0 atom stereocenters. The van der Waals surface area contributed by atoms with Gasteiger partial charge in [0, 0.05) is 30.9 Å². The Morgan fingerprint density at radius 2 is 1.71 bits per heavy atom. The zero-order valence-electron chi connectivity index (χ0n) is 17.0. The number of nitrogens with zero attached hydrogens (tertiary/aromatic N) is 5. The van der Waals surface area contributed by atoms with Crippen LogP contribution in [0.3, 0.4) is 0 Å². The first-order valence-corrected chi connectivity index (χ1v) is 11.9. The van der Waals surface area contributed by atoms with Gasteiger partial charge in [0.05, 0.1) is 10.6 Å². The fraction of sp³-hybridized carbons (Fsp3) is 0.318. The van der Waals surface area contributed by atoms with Crippen molar-refractivity contribution in [2.24, 2.45) is 0 Å². The molecule has 9 heteroatoms. The third-order valence-electron chi connectivity index (χ3n) is 5.94. The van der Waals surface area contributed by atoms with Crippen LogP contribution in [0.1, 0.15) is 35.2 Å². The average molecular weight is 438 g/mol. The maximum atomic E-state index is 13.1. The summed E-state index contributed by atoms with van der Waals surface area (Å²) in [7, 11) is -3.48. The number of hydrogen-bond acceptors (Lipinski definition) is 5. The highest BCUT2D eigenvalue weighted by Crippen LogP contribution is 2.32. The van der Waals surface area contributed by atoms with Crippen molar-refractivity contribution in [3.63, 3.8) is 0 Å². The van der Waals surface area contributed by atoms with Crippen LogP contribution in [0.4, 0.5) is 5.69 Å². The summed E-state index contributed by atoms with van der Waals surface area (Å²) >= 11 is 0. The Labute approximate surface area is 181 Å². The van der Waals surface area contributed by atoms with Crippen molar-refractivity contribution in [1.29, 1.82) is 0 Å². The zero-order chi connectivity index (χ0) is 21.4. The topological polar surface area (TPSA) is 88.4 Å². The number of amides is 1. The van der Waals surface area contributed by atoms with Gasteiger partial charge < -0.3 is 4.90 Å². The van der Waals surface area contributed by atoms with Crippen molar-refractivity contribution < 1.29 is 13.2 Å². The molecule has 0 aliphatic carbocycles. The summed E-state index contributed by atoms with van der Waals surface area (Å²) in [6.07, 6.45) is 6.59. The first-order chi connectivity index (χ1) is 15.0. The number of carbonyl (C=O) groups is 1. The standard InChI is InChI=1S/C22H23N5O3S/c28-22(17-4-6-19(7-5-17)27-16-23-15-24-27)26-13-10-18-14-20(8-9-21(18)26)31(29,30)25-11-2-1-3-12-25/h4-9,14-16H,1-3,10-13H2. The van der Waals surface area contributed by atoms with E-state index >= 15 is 0 Å². The number of aromatic nitrogens is 3. The molecule has 0 N–H and O–H groups in total. The highest BCUT2D eigenvalue weighted by molar-refractivity contribution is 7.89. The van der Waals surface area contributed by atoms with Crippen molar-refractivity contribution in [3.05, 3.63) is 66.2 Å². The van der Waals surface area contributed by atoms with E-state index in [0.29, 0.717) is 36.5 Å². The summed E-state index contributed by atoms with van der Waals surface area (Å²) in [5.74, 6) is -0.101. The Morgan fingerprint density at radius 1 is 0.935 bits per heavy atom. The van der Waals surface area contributed by atoms with Crippen LogP contribution < -0.4 is 4.90 Å². The highest BCUT2D eigenvalue weighted by atomic mass is 32.2. The molecular weight excluding hydrogens is 414 g/mol. The Morgan fingerprint density at radius 3 is 2.42 bits per heavy atom. The Hall–Kier alpha value is -3.04. The van der Waals surface area contributed by atoms with Crippen molar-refractivity contribution in [2.45, 2.75) is 30.6 Å². The van der Waals surface area contributed by atoms with E-state index in [4.69, 9.17) is 0 Å². The Kier molecular flexibility index (Phi) is 5.07. The van der Waals surface area contributed by atoms with Gasteiger partial charge in [0.1, 0.15) is 12.7 Å². The molecule has 0 unspecified atom stereocenters. The van der Waals surface area contributed by atoms with Crippen LogP contribution in [0.2, 0.25) is 0 Å². The van der Waals surface area contributed by atoms with E-state index in [-0.39, 0.29) is 5.91 Å². The smallest absolute Gasteiger partial charge is 0.258 e. The molecule has 2 aliphatic rings. The minimum atomic E-state index is -3.48. The van der Waals surface area contributed by atoms with Crippen molar-refractivity contribution in [2.75, 3.05) is 24.5 Å². The maximum Gasteiger partial charge on any atom is 0.258 e. The molecule has 3 aromatic rings. The molecule has 1 amide bonds. The molecule has 0 saturated carbocycles. The monoisotopic (exact) mass is 437 g/mol. The number of carbonyl (C=O) groups excluding carboxylic acids is 1. The fourth-order valence-electron chi connectivity index (χ4n) is 4.26. The molecule has 1 aromatic heterocycles. The van der Waals surface area contributed by atoms with E-state index in [1.54, 1.807) is 50.5 Å². The van der Waals surface area contributed by atoms with Crippen LogP contribution >= 0.6 is 0 Å². The first kappa shape index (κ1) is 19.9. The van der Waals surface area contributed by atoms with Gasteiger partial charge in [-0.2, -0.15) is 9.40 Å². The summed E-state index contributed by atoms with van der Waals surface area (Å²) in [5.41, 5.74) is 3.07. The number of hydrogen-bond donors (Lipinski definition) is 0. The molecule has 0 radical (unpaired) electrons. The van der Waals surface area contributed by atoms with Crippen LogP contribution in [-0.2, 0) is 16.4 Å². The van der Waals surface area contributed by atoms with Gasteiger partial charge in [-0.3, -0.25) is 4.79 Å². The third kappa shape index (κ3) is 3.64. The molecule has 0 bridgehead atoms. The lowest BCUT2D eigenvalue weighted by Gasteiger charge is -2.26. The lowest BCUT2D eigenvalue weighted by atomic mass is 10.1. The van der Waals surface area contributed by atoms with E-state index in [9.17, 15) is 13.2 Å². The summed E-state index contributed by atoms with van der Waals surface area (Å²) in [6, 6.07) is 12.3. The molecule has 3 heterocycles. The van der Waals surface area contributed by atoms with Gasteiger partial charge in [0.2, 0.25) is 10.0 Å². The van der Waals surface area contributed by atoms with Crippen molar-refractivity contribution >= 4 is 21.6 Å².